The van der Waals surface area contributed by atoms with Crippen LogP contribution in [0.5, 0.6) is 0 Å². The highest BCUT2D eigenvalue weighted by molar-refractivity contribution is 5.94. The molecule has 1 N–H and O–H groups in total. The second kappa shape index (κ2) is 4.50. The first-order valence-electron chi connectivity index (χ1n) is 4.13. The molecule has 74 valence electrons. The van der Waals surface area contributed by atoms with Crippen molar-refractivity contribution in [1.82, 2.24) is 10.3 Å². The summed E-state index contributed by atoms with van der Waals surface area (Å²) in [6, 6.07) is 2.55. The SMILES string of the molecule is C=C(C)CNC(=O)c1ccnc(F)c1. The van der Waals surface area contributed by atoms with E-state index in [0.29, 0.717) is 6.54 Å². The van der Waals surface area contributed by atoms with Crippen LogP contribution in [0, 0.1) is 5.95 Å². The van der Waals surface area contributed by atoms with E-state index in [1.807, 2.05) is 0 Å². The lowest BCUT2D eigenvalue weighted by Gasteiger charge is -2.03. The summed E-state index contributed by atoms with van der Waals surface area (Å²) >= 11 is 0. The second-order valence-electron chi connectivity index (χ2n) is 3.01. The van der Waals surface area contributed by atoms with Crippen LogP contribution in [-0.4, -0.2) is 17.4 Å². The Morgan fingerprint density at radius 2 is 2.43 bits per heavy atom. The van der Waals surface area contributed by atoms with Crippen LogP contribution in [0.3, 0.4) is 0 Å². The first kappa shape index (κ1) is 10.4. The molecule has 0 spiro atoms. The molecule has 1 aromatic rings. The summed E-state index contributed by atoms with van der Waals surface area (Å²) in [6.07, 6.45) is 1.25. The zero-order valence-electron chi connectivity index (χ0n) is 7.88. The number of rotatable bonds is 3. The second-order valence-corrected chi connectivity index (χ2v) is 3.01. The van der Waals surface area contributed by atoms with Crippen molar-refractivity contribution in [2.45, 2.75) is 6.92 Å². The van der Waals surface area contributed by atoms with Crippen molar-refractivity contribution in [3.8, 4) is 0 Å². The van der Waals surface area contributed by atoms with E-state index >= 15 is 0 Å². The van der Waals surface area contributed by atoms with Crippen molar-refractivity contribution in [3.05, 3.63) is 42.0 Å². The van der Waals surface area contributed by atoms with Gasteiger partial charge in [0.1, 0.15) is 0 Å². The minimum atomic E-state index is -0.659. The van der Waals surface area contributed by atoms with Gasteiger partial charge in [0, 0.05) is 24.4 Å². The number of pyridine rings is 1. The van der Waals surface area contributed by atoms with E-state index in [-0.39, 0.29) is 11.5 Å². The lowest BCUT2D eigenvalue weighted by Crippen LogP contribution is -2.24. The molecular weight excluding hydrogens is 183 g/mol. The van der Waals surface area contributed by atoms with Crippen molar-refractivity contribution in [3.63, 3.8) is 0 Å². The van der Waals surface area contributed by atoms with Gasteiger partial charge in [-0.15, -0.1) is 0 Å². The quantitative estimate of drug-likeness (QED) is 0.585. The number of carbonyl (C=O) groups excluding carboxylic acids is 1. The smallest absolute Gasteiger partial charge is 0.251 e. The molecule has 1 aromatic heterocycles. The van der Waals surface area contributed by atoms with Gasteiger partial charge in [0.15, 0.2) is 0 Å². The molecule has 0 saturated carbocycles. The predicted octanol–water partition coefficient (Wildman–Crippen LogP) is 1.53. The molecule has 1 heterocycles. The molecule has 3 nitrogen and oxygen atoms in total. The third-order valence-electron chi connectivity index (χ3n) is 1.54. The lowest BCUT2D eigenvalue weighted by molar-refractivity contribution is 0.0956. The van der Waals surface area contributed by atoms with E-state index in [9.17, 15) is 9.18 Å². The number of nitrogens with one attached hydrogen (secondary N) is 1. The average Bonchev–Trinajstić information content (AvgIpc) is 2.14. The molecule has 0 aliphatic carbocycles. The minimum absolute atomic E-state index is 0.263. The Balaban J connectivity index is 2.65. The molecule has 0 fully saturated rings. The van der Waals surface area contributed by atoms with E-state index in [0.717, 1.165) is 11.6 Å². The van der Waals surface area contributed by atoms with E-state index < -0.39 is 5.95 Å². The van der Waals surface area contributed by atoms with E-state index in [1.165, 1.54) is 12.3 Å². The Kier molecular flexibility index (Phi) is 3.34. The Bertz CT molecular complexity index is 363. The van der Waals surface area contributed by atoms with E-state index in [2.05, 4.69) is 16.9 Å². The van der Waals surface area contributed by atoms with E-state index in [1.54, 1.807) is 6.92 Å². The van der Waals surface area contributed by atoms with Crippen LogP contribution in [-0.2, 0) is 0 Å². The summed E-state index contributed by atoms with van der Waals surface area (Å²) < 4.78 is 12.6. The summed E-state index contributed by atoms with van der Waals surface area (Å²) in [7, 11) is 0. The molecule has 0 saturated heterocycles. The molecule has 0 bridgehead atoms. The number of hydrogen-bond acceptors (Lipinski definition) is 2. The summed E-state index contributed by atoms with van der Waals surface area (Å²) in [5, 5.41) is 2.59. The highest BCUT2D eigenvalue weighted by atomic mass is 19.1. The van der Waals surface area contributed by atoms with Gasteiger partial charge in [0.05, 0.1) is 0 Å². The molecule has 14 heavy (non-hydrogen) atoms. The largest absolute Gasteiger partial charge is 0.348 e. The monoisotopic (exact) mass is 194 g/mol. The maximum absolute atomic E-state index is 12.6. The number of aromatic nitrogens is 1. The highest BCUT2D eigenvalue weighted by Gasteiger charge is 2.05. The van der Waals surface area contributed by atoms with Crippen LogP contribution < -0.4 is 5.32 Å². The van der Waals surface area contributed by atoms with Gasteiger partial charge in [0.25, 0.3) is 5.91 Å². The maximum Gasteiger partial charge on any atom is 0.251 e. The Morgan fingerprint density at radius 1 is 1.71 bits per heavy atom. The zero-order chi connectivity index (χ0) is 10.6. The molecule has 0 aliphatic rings. The predicted molar refractivity (Wildman–Crippen MR) is 51.3 cm³/mol. The Hall–Kier alpha value is -1.71. The van der Waals surface area contributed by atoms with Crippen molar-refractivity contribution in [2.75, 3.05) is 6.54 Å². The molecule has 1 amide bonds. The standard InChI is InChI=1S/C10H11FN2O/c1-7(2)6-13-10(14)8-3-4-12-9(11)5-8/h3-5H,1,6H2,2H3,(H,13,14). The van der Waals surface area contributed by atoms with Gasteiger partial charge < -0.3 is 5.32 Å². The number of nitrogens with zero attached hydrogens (tertiary/aromatic N) is 1. The Morgan fingerprint density at radius 3 is 3.00 bits per heavy atom. The molecule has 4 heteroatoms. The number of hydrogen-bond donors (Lipinski definition) is 1. The van der Waals surface area contributed by atoms with Crippen LogP contribution in [0.4, 0.5) is 4.39 Å². The minimum Gasteiger partial charge on any atom is -0.348 e. The van der Waals surface area contributed by atoms with Gasteiger partial charge in [-0.05, 0) is 13.0 Å². The fraction of sp³-hybridized carbons (Fsp3) is 0.200. The average molecular weight is 194 g/mol. The topological polar surface area (TPSA) is 42.0 Å². The van der Waals surface area contributed by atoms with Crippen molar-refractivity contribution in [1.29, 1.82) is 0 Å². The Labute approximate surface area is 81.7 Å². The third kappa shape index (κ3) is 2.97. The molecule has 0 unspecified atom stereocenters. The summed E-state index contributed by atoms with van der Waals surface area (Å²) in [6.45, 7) is 5.83. The van der Waals surface area contributed by atoms with Crippen LogP contribution in [0.15, 0.2) is 30.5 Å². The number of carbonyl (C=O) groups is 1. The summed E-state index contributed by atoms with van der Waals surface area (Å²) in [4.78, 5) is 14.7. The number of amides is 1. The molecule has 0 radical (unpaired) electrons. The molecule has 0 aromatic carbocycles. The van der Waals surface area contributed by atoms with Crippen molar-refractivity contribution < 1.29 is 9.18 Å². The van der Waals surface area contributed by atoms with Gasteiger partial charge in [0.2, 0.25) is 5.95 Å². The molecule has 0 aliphatic heterocycles. The third-order valence-corrected chi connectivity index (χ3v) is 1.54. The van der Waals surface area contributed by atoms with Crippen LogP contribution in [0.1, 0.15) is 17.3 Å². The number of halogens is 1. The zero-order valence-corrected chi connectivity index (χ0v) is 7.88. The first-order valence-corrected chi connectivity index (χ1v) is 4.13. The first-order chi connectivity index (χ1) is 6.59. The van der Waals surface area contributed by atoms with Gasteiger partial charge >= 0.3 is 0 Å². The van der Waals surface area contributed by atoms with Crippen LogP contribution in [0.25, 0.3) is 0 Å². The summed E-state index contributed by atoms with van der Waals surface area (Å²) in [5.41, 5.74) is 1.10. The van der Waals surface area contributed by atoms with Crippen molar-refractivity contribution >= 4 is 5.91 Å². The van der Waals surface area contributed by atoms with Crippen LogP contribution in [0.2, 0.25) is 0 Å². The molecule has 1 rings (SSSR count). The van der Waals surface area contributed by atoms with E-state index in [4.69, 9.17) is 0 Å². The maximum atomic E-state index is 12.6. The fourth-order valence-corrected chi connectivity index (χ4v) is 0.877. The van der Waals surface area contributed by atoms with Gasteiger partial charge in [-0.2, -0.15) is 4.39 Å². The highest BCUT2D eigenvalue weighted by Crippen LogP contribution is 2.00. The van der Waals surface area contributed by atoms with Gasteiger partial charge in [-0.3, -0.25) is 4.79 Å². The van der Waals surface area contributed by atoms with Crippen molar-refractivity contribution in [2.24, 2.45) is 0 Å². The fourth-order valence-electron chi connectivity index (χ4n) is 0.877. The lowest BCUT2D eigenvalue weighted by atomic mass is 10.2. The van der Waals surface area contributed by atoms with Gasteiger partial charge in [-0.25, -0.2) is 4.98 Å². The summed E-state index contributed by atoms with van der Waals surface area (Å²) in [5.74, 6) is -0.984. The van der Waals surface area contributed by atoms with Gasteiger partial charge in [-0.1, -0.05) is 12.2 Å². The molecule has 0 atom stereocenters. The van der Waals surface area contributed by atoms with Crippen LogP contribution >= 0.6 is 0 Å². The normalized spacial score (nSPS) is 9.57. The molecular formula is C10H11FN2O.